The number of hydrogen-bond acceptors (Lipinski definition) is 5. The summed E-state index contributed by atoms with van der Waals surface area (Å²) in [4.78, 5) is 16.4. The molecule has 4 rings (SSSR count). The van der Waals surface area contributed by atoms with E-state index in [1.807, 2.05) is 6.07 Å². The SMILES string of the molecule is COc1ccc(C(=O)Cn2cncn2)c2cc(C3CC3)oc12. The standard InChI is InChI=1S/C16H15N3O3/c1-21-14-5-4-11(13(20)7-19-9-17-8-18-19)12-6-15(10-2-3-10)22-16(12)14/h4-6,8-10H,2-3,7H2,1H3. The minimum atomic E-state index is -0.0266. The van der Waals surface area contributed by atoms with Crippen LogP contribution in [0.25, 0.3) is 11.0 Å². The minimum Gasteiger partial charge on any atom is -0.493 e. The molecule has 0 amide bonds. The molecule has 22 heavy (non-hydrogen) atoms. The first kappa shape index (κ1) is 13.1. The fourth-order valence-corrected chi connectivity index (χ4v) is 2.64. The molecule has 1 aromatic carbocycles. The molecule has 0 spiro atoms. The molecule has 1 aliphatic carbocycles. The number of fused-ring (bicyclic) bond motifs is 1. The number of ketones is 1. The number of carbonyl (C=O) groups excluding carboxylic acids is 1. The van der Waals surface area contributed by atoms with Crippen molar-refractivity contribution in [2.24, 2.45) is 0 Å². The van der Waals surface area contributed by atoms with Crippen LogP contribution in [0.2, 0.25) is 0 Å². The fraction of sp³-hybridized carbons (Fsp3) is 0.312. The zero-order chi connectivity index (χ0) is 15.1. The lowest BCUT2D eigenvalue weighted by Crippen LogP contribution is -2.11. The summed E-state index contributed by atoms with van der Waals surface area (Å²) in [6, 6.07) is 5.54. The van der Waals surface area contributed by atoms with Crippen LogP contribution >= 0.6 is 0 Å². The van der Waals surface area contributed by atoms with Crippen molar-refractivity contribution in [2.75, 3.05) is 7.11 Å². The van der Waals surface area contributed by atoms with Gasteiger partial charge in [-0.25, -0.2) is 9.67 Å². The number of nitrogens with zero attached hydrogens (tertiary/aromatic N) is 3. The predicted molar refractivity (Wildman–Crippen MR) is 79.1 cm³/mol. The Morgan fingerprint density at radius 3 is 3.00 bits per heavy atom. The normalized spacial score (nSPS) is 14.4. The highest BCUT2D eigenvalue weighted by Crippen LogP contribution is 2.44. The van der Waals surface area contributed by atoms with E-state index >= 15 is 0 Å². The van der Waals surface area contributed by atoms with E-state index in [0.717, 1.165) is 24.0 Å². The monoisotopic (exact) mass is 297 g/mol. The molecule has 1 aliphatic rings. The predicted octanol–water partition coefficient (Wildman–Crippen LogP) is 2.79. The highest BCUT2D eigenvalue weighted by Gasteiger charge is 2.29. The van der Waals surface area contributed by atoms with Crippen LogP contribution < -0.4 is 4.74 Å². The number of rotatable bonds is 5. The molecule has 1 fully saturated rings. The van der Waals surface area contributed by atoms with Crippen molar-refractivity contribution in [3.63, 3.8) is 0 Å². The third-order valence-corrected chi connectivity index (χ3v) is 3.94. The van der Waals surface area contributed by atoms with Gasteiger partial charge in [-0.1, -0.05) is 0 Å². The van der Waals surface area contributed by atoms with Crippen LogP contribution in [0.5, 0.6) is 5.75 Å². The van der Waals surface area contributed by atoms with E-state index in [-0.39, 0.29) is 12.3 Å². The molecule has 0 aliphatic heterocycles. The Balaban J connectivity index is 1.78. The van der Waals surface area contributed by atoms with Crippen LogP contribution in [0.3, 0.4) is 0 Å². The molecule has 0 N–H and O–H groups in total. The summed E-state index contributed by atoms with van der Waals surface area (Å²) in [6.07, 6.45) is 5.23. The minimum absolute atomic E-state index is 0.0266. The molecule has 0 unspecified atom stereocenters. The average molecular weight is 297 g/mol. The van der Waals surface area contributed by atoms with Crippen molar-refractivity contribution in [3.8, 4) is 5.75 Å². The van der Waals surface area contributed by atoms with Gasteiger partial charge in [0.05, 0.1) is 7.11 Å². The van der Waals surface area contributed by atoms with E-state index in [0.29, 0.717) is 22.8 Å². The molecule has 3 aromatic rings. The lowest BCUT2D eigenvalue weighted by molar-refractivity contribution is 0.0969. The van der Waals surface area contributed by atoms with Gasteiger partial charge in [0.15, 0.2) is 17.1 Å². The Hall–Kier alpha value is -2.63. The molecule has 0 atom stereocenters. The van der Waals surface area contributed by atoms with Gasteiger partial charge in [0.2, 0.25) is 0 Å². The van der Waals surface area contributed by atoms with Gasteiger partial charge in [-0.3, -0.25) is 4.79 Å². The van der Waals surface area contributed by atoms with E-state index in [1.165, 1.54) is 17.3 Å². The van der Waals surface area contributed by atoms with Crippen molar-refractivity contribution in [1.29, 1.82) is 0 Å². The van der Waals surface area contributed by atoms with Crippen molar-refractivity contribution in [3.05, 3.63) is 42.2 Å². The number of Topliss-reactive ketones (excluding diaryl/α,β-unsaturated/α-hetero) is 1. The first-order valence-electron chi connectivity index (χ1n) is 7.22. The molecule has 1 saturated carbocycles. The number of ether oxygens (including phenoxy) is 1. The van der Waals surface area contributed by atoms with Crippen LogP contribution in [-0.4, -0.2) is 27.7 Å². The molecule has 0 saturated heterocycles. The maximum absolute atomic E-state index is 12.5. The molecule has 2 heterocycles. The number of benzene rings is 1. The second-order valence-electron chi connectivity index (χ2n) is 5.50. The van der Waals surface area contributed by atoms with Crippen molar-refractivity contribution in [1.82, 2.24) is 14.8 Å². The number of aromatic nitrogens is 3. The Morgan fingerprint density at radius 2 is 2.32 bits per heavy atom. The Kier molecular flexibility index (Phi) is 2.96. The second kappa shape index (κ2) is 4.98. The van der Waals surface area contributed by atoms with Gasteiger partial charge < -0.3 is 9.15 Å². The van der Waals surface area contributed by atoms with E-state index < -0.39 is 0 Å². The lowest BCUT2D eigenvalue weighted by atomic mass is 10.0. The smallest absolute Gasteiger partial charge is 0.185 e. The maximum atomic E-state index is 12.5. The van der Waals surface area contributed by atoms with Gasteiger partial charge in [-0.2, -0.15) is 5.10 Å². The van der Waals surface area contributed by atoms with Crippen molar-refractivity contribution >= 4 is 16.8 Å². The number of carbonyl (C=O) groups is 1. The number of furan rings is 1. The second-order valence-corrected chi connectivity index (χ2v) is 5.50. The number of methoxy groups -OCH3 is 1. The van der Waals surface area contributed by atoms with Crippen molar-refractivity contribution in [2.45, 2.75) is 25.3 Å². The average Bonchev–Trinajstić information content (AvgIpc) is 3.07. The van der Waals surface area contributed by atoms with Crippen LogP contribution in [-0.2, 0) is 6.54 Å². The maximum Gasteiger partial charge on any atom is 0.185 e. The topological polar surface area (TPSA) is 70.2 Å². The number of hydrogen-bond donors (Lipinski definition) is 0. The van der Waals surface area contributed by atoms with E-state index in [2.05, 4.69) is 10.1 Å². The summed E-state index contributed by atoms with van der Waals surface area (Å²) in [5.41, 5.74) is 1.27. The van der Waals surface area contributed by atoms with E-state index in [9.17, 15) is 4.79 Å². The zero-order valence-electron chi connectivity index (χ0n) is 12.2. The summed E-state index contributed by atoms with van der Waals surface area (Å²) in [5.74, 6) is 2.05. The molecule has 0 bridgehead atoms. The molecular formula is C16H15N3O3. The summed E-state index contributed by atoms with van der Waals surface area (Å²) in [6.45, 7) is 0.158. The van der Waals surface area contributed by atoms with Crippen LogP contribution in [0.1, 0.15) is 34.9 Å². The molecule has 6 nitrogen and oxygen atoms in total. The third-order valence-electron chi connectivity index (χ3n) is 3.94. The van der Waals surface area contributed by atoms with Gasteiger partial charge in [-0.15, -0.1) is 0 Å². The van der Waals surface area contributed by atoms with Crippen LogP contribution in [0.4, 0.5) is 0 Å². The highest BCUT2D eigenvalue weighted by molar-refractivity contribution is 6.08. The highest BCUT2D eigenvalue weighted by atomic mass is 16.5. The Labute approximate surface area is 126 Å². The summed E-state index contributed by atoms with van der Waals surface area (Å²) in [5, 5.41) is 4.79. The molecule has 0 radical (unpaired) electrons. The summed E-state index contributed by atoms with van der Waals surface area (Å²) < 4.78 is 12.8. The fourth-order valence-electron chi connectivity index (χ4n) is 2.64. The largest absolute Gasteiger partial charge is 0.493 e. The third kappa shape index (κ3) is 2.16. The van der Waals surface area contributed by atoms with Crippen LogP contribution in [0.15, 0.2) is 35.3 Å². The first-order chi connectivity index (χ1) is 10.8. The van der Waals surface area contributed by atoms with Gasteiger partial charge in [-0.05, 0) is 31.0 Å². The van der Waals surface area contributed by atoms with E-state index in [1.54, 1.807) is 19.2 Å². The van der Waals surface area contributed by atoms with Gasteiger partial charge in [0.1, 0.15) is 25.0 Å². The van der Waals surface area contributed by atoms with Crippen LogP contribution in [0, 0.1) is 0 Å². The Bertz CT molecular complexity index is 832. The van der Waals surface area contributed by atoms with Gasteiger partial charge >= 0.3 is 0 Å². The Morgan fingerprint density at radius 1 is 1.45 bits per heavy atom. The van der Waals surface area contributed by atoms with Gasteiger partial charge in [0.25, 0.3) is 0 Å². The lowest BCUT2D eigenvalue weighted by Gasteiger charge is -2.05. The quantitative estimate of drug-likeness (QED) is 0.677. The van der Waals surface area contributed by atoms with Crippen molar-refractivity contribution < 1.29 is 13.9 Å². The molecule has 112 valence electrons. The summed E-state index contributed by atoms with van der Waals surface area (Å²) in [7, 11) is 1.60. The molecule has 2 aromatic heterocycles. The summed E-state index contributed by atoms with van der Waals surface area (Å²) >= 11 is 0. The first-order valence-corrected chi connectivity index (χ1v) is 7.22. The van der Waals surface area contributed by atoms with Gasteiger partial charge in [0, 0.05) is 16.9 Å². The molecule has 6 heteroatoms. The zero-order valence-corrected chi connectivity index (χ0v) is 12.2. The van der Waals surface area contributed by atoms with E-state index in [4.69, 9.17) is 9.15 Å². The molecular weight excluding hydrogens is 282 g/mol.